The van der Waals surface area contributed by atoms with Gasteiger partial charge in [-0.15, -0.1) is 0 Å². The highest BCUT2D eigenvalue weighted by Crippen LogP contribution is 2.45. The second-order valence-electron chi connectivity index (χ2n) is 9.31. The molecule has 2 aromatic carbocycles. The van der Waals surface area contributed by atoms with Crippen molar-refractivity contribution in [3.05, 3.63) is 70.7 Å². The normalized spacial score (nSPS) is 24.9. The molecular weight excluding hydrogens is 378 g/mol. The van der Waals surface area contributed by atoms with E-state index in [0.29, 0.717) is 24.0 Å². The molecule has 2 nitrogen and oxygen atoms in total. The fraction of sp³-hybridized carbons (Fsp3) is 0.538. The topological polar surface area (TPSA) is 21.3 Å². The predicted molar refractivity (Wildman–Crippen MR) is 123 cm³/mol. The molecule has 158 valence electrons. The summed E-state index contributed by atoms with van der Waals surface area (Å²) in [5.74, 6) is 1.06. The average Bonchev–Trinajstić information content (AvgIpc) is 2.73. The first-order chi connectivity index (χ1) is 13.9. The fourth-order valence-electron chi connectivity index (χ4n) is 4.50. The Hall–Kier alpha value is -1.35. The largest absolute Gasteiger partial charge is 0.374 e. The van der Waals surface area contributed by atoms with Crippen LogP contribution in [0.4, 0.5) is 0 Å². The molecule has 29 heavy (non-hydrogen) atoms. The van der Waals surface area contributed by atoms with Gasteiger partial charge in [0.2, 0.25) is 0 Å². The highest BCUT2D eigenvalue weighted by Gasteiger charge is 2.43. The number of rotatable bonds is 8. The first-order valence-corrected chi connectivity index (χ1v) is 11.4. The van der Waals surface area contributed by atoms with E-state index in [1.807, 2.05) is 12.1 Å². The van der Waals surface area contributed by atoms with Gasteiger partial charge in [-0.2, -0.15) is 0 Å². The van der Waals surface area contributed by atoms with Gasteiger partial charge < -0.3 is 10.1 Å². The van der Waals surface area contributed by atoms with Crippen LogP contribution in [0.5, 0.6) is 0 Å². The van der Waals surface area contributed by atoms with E-state index in [4.69, 9.17) is 16.3 Å². The van der Waals surface area contributed by atoms with Gasteiger partial charge >= 0.3 is 0 Å². The number of benzene rings is 2. The lowest BCUT2D eigenvalue weighted by atomic mass is 9.66. The van der Waals surface area contributed by atoms with E-state index in [0.717, 1.165) is 37.4 Å². The maximum atomic E-state index is 6.54. The first-order valence-electron chi connectivity index (χ1n) is 11.1. The molecular formula is C26H36ClNO. The van der Waals surface area contributed by atoms with Crippen LogP contribution >= 0.6 is 11.6 Å². The summed E-state index contributed by atoms with van der Waals surface area (Å²) in [6.07, 6.45) is 3.95. The minimum absolute atomic E-state index is 0.163. The maximum absolute atomic E-state index is 6.54. The second kappa shape index (κ2) is 10.1. The molecule has 0 spiro atoms. The van der Waals surface area contributed by atoms with Crippen molar-refractivity contribution in [3.8, 4) is 0 Å². The zero-order valence-electron chi connectivity index (χ0n) is 18.3. The van der Waals surface area contributed by atoms with Gasteiger partial charge in [-0.05, 0) is 60.9 Å². The Morgan fingerprint density at radius 1 is 0.931 bits per heavy atom. The SMILES string of the molecule is CC(C)C1CC(CCNCc2ccc(Cl)cc2)(c2ccccc2)CC(C(C)C)O1. The van der Waals surface area contributed by atoms with Crippen molar-refractivity contribution in [1.29, 1.82) is 0 Å². The molecule has 1 aliphatic rings. The van der Waals surface area contributed by atoms with E-state index in [1.54, 1.807) is 0 Å². The minimum Gasteiger partial charge on any atom is -0.374 e. The van der Waals surface area contributed by atoms with Gasteiger partial charge in [0.05, 0.1) is 12.2 Å². The van der Waals surface area contributed by atoms with Gasteiger partial charge in [-0.3, -0.25) is 0 Å². The van der Waals surface area contributed by atoms with Gasteiger partial charge in [0.15, 0.2) is 0 Å². The second-order valence-corrected chi connectivity index (χ2v) is 9.75. The van der Waals surface area contributed by atoms with Crippen molar-refractivity contribution >= 4 is 11.6 Å². The molecule has 0 aromatic heterocycles. The molecule has 1 saturated heterocycles. The van der Waals surface area contributed by atoms with Gasteiger partial charge in [0, 0.05) is 17.0 Å². The number of nitrogens with one attached hydrogen (secondary N) is 1. The van der Waals surface area contributed by atoms with Crippen LogP contribution < -0.4 is 5.32 Å². The zero-order valence-corrected chi connectivity index (χ0v) is 19.1. The molecule has 3 rings (SSSR count). The van der Waals surface area contributed by atoms with Crippen molar-refractivity contribution in [2.75, 3.05) is 6.54 Å². The Balaban J connectivity index is 1.75. The van der Waals surface area contributed by atoms with E-state index < -0.39 is 0 Å². The van der Waals surface area contributed by atoms with E-state index in [1.165, 1.54) is 11.1 Å². The van der Waals surface area contributed by atoms with Crippen LogP contribution in [0.1, 0.15) is 58.1 Å². The van der Waals surface area contributed by atoms with Crippen molar-refractivity contribution in [1.82, 2.24) is 5.32 Å². The summed E-state index contributed by atoms with van der Waals surface area (Å²) in [4.78, 5) is 0. The van der Waals surface area contributed by atoms with Gasteiger partial charge in [0.25, 0.3) is 0 Å². The molecule has 0 saturated carbocycles. The molecule has 2 aromatic rings. The quantitative estimate of drug-likeness (QED) is 0.491. The molecule has 0 radical (unpaired) electrons. The zero-order chi connectivity index (χ0) is 20.9. The van der Waals surface area contributed by atoms with Crippen LogP contribution in [0.15, 0.2) is 54.6 Å². The van der Waals surface area contributed by atoms with Crippen LogP contribution in [0.2, 0.25) is 5.02 Å². The van der Waals surface area contributed by atoms with Crippen molar-refractivity contribution in [2.45, 2.75) is 71.1 Å². The Kier molecular flexibility index (Phi) is 7.79. The smallest absolute Gasteiger partial charge is 0.0610 e. The molecule has 0 bridgehead atoms. The molecule has 2 unspecified atom stereocenters. The molecule has 0 amide bonds. The van der Waals surface area contributed by atoms with E-state index in [9.17, 15) is 0 Å². The van der Waals surface area contributed by atoms with Crippen LogP contribution in [0.3, 0.4) is 0 Å². The third-order valence-electron chi connectivity index (χ3n) is 6.43. The fourth-order valence-corrected chi connectivity index (χ4v) is 4.62. The highest BCUT2D eigenvalue weighted by atomic mass is 35.5. The third kappa shape index (κ3) is 5.84. The molecule has 1 aliphatic heterocycles. The van der Waals surface area contributed by atoms with Crippen molar-refractivity contribution in [2.24, 2.45) is 11.8 Å². The summed E-state index contributed by atoms with van der Waals surface area (Å²) >= 11 is 6.01. The molecule has 1 fully saturated rings. The van der Waals surface area contributed by atoms with E-state index >= 15 is 0 Å². The monoisotopic (exact) mass is 413 g/mol. The van der Waals surface area contributed by atoms with Crippen molar-refractivity contribution in [3.63, 3.8) is 0 Å². The summed E-state index contributed by atoms with van der Waals surface area (Å²) in [6.45, 7) is 11.0. The lowest BCUT2D eigenvalue weighted by Crippen LogP contribution is -2.48. The van der Waals surface area contributed by atoms with Crippen LogP contribution in [0.25, 0.3) is 0 Å². The molecule has 1 heterocycles. The van der Waals surface area contributed by atoms with E-state index in [2.05, 4.69) is 75.5 Å². The summed E-state index contributed by atoms with van der Waals surface area (Å²) < 4.78 is 6.54. The number of hydrogen-bond donors (Lipinski definition) is 1. The average molecular weight is 414 g/mol. The first kappa shape index (κ1) is 22.3. The predicted octanol–water partition coefficient (Wildman–Crippen LogP) is 6.62. The lowest BCUT2D eigenvalue weighted by Gasteiger charge is -2.48. The summed E-state index contributed by atoms with van der Waals surface area (Å²) in [7, 11) is 0. The summed E-state index contributed by atoms with van der Waals surface area (Å²) in [5, 5.41) is 4.46. The van der Waals surface area contributed by atoms with Crippen LogP contribution in [-0.2, 0) is 16.7 Å². The third-order valence-corrected chi connectivity index (χ3v) is 6.68. The number of hydrogen-bond acceptors (Lipinski definition) is 2. The van der Waals surface area contributed by atoms with Gasteiger partial charge in [0.1, 0.15) is 0 Å². The standard InChI is InChI=1S/C26H36ClNO/c1-19(2)24-16-26(17-25(29-24)20(3)4,22-8-6-5-7-9-22)14-15-28-18-21-10-12-23(27)13-11-21/h5-13,19-20,24-25,28H,14-18H2,1-4H3. The lowest BCUT2D eigenvalue weighted by molar-refractivity contribution is -0.118. The summed E-state index contributed by atoms with van der Waals surface area (Å²) in [5.41, 5.74) is 2.90. The Bertz CT molecular complexity index is 725. The Labute approximate surface area is 182 Å². The summed E-state index contributed by atoms with van der Waals surface area (Å²) in [6, 6.07) is 19.2. The molecule has 1 N–H and O–H groups in total. The minimum atomic E-state index is 0.163. The van der Waals surface area contributed by atoms with Crippen LogP contribution in [-0.4, -0.2) is 18.8 Å². The van der Waals surface area contributed by atoms with E-state index in [-0.39, 0.29) is 5.41 Å². The number of ether oxygens (including phenoxy) is 1. The molecule has 0 aliphatic carbocycles. The highest BCUT2D eigenvalue weighted by molar-refractivity contribution is 6.30. The number of halogens is 1. The van der Waals surface area contributed by atoms with Crippen molar-refractivity contribution < 1.29 is 4.74 Å². The molecule has 3 heteroatoms. The Morgan fingerprint density at radius 2 is 1.52 bits per heavy atom. The molecule has 2 atom stereocenters. The van der Waals surface area contributed by atoms with Gasteiger partial charge in [-0.25, -0.2) is 0 Å². The van der Waals surface area contributed by atoms with Gasteiger partial charge in [-0.1, -0.05) is 81.8 Å². The van der Waals surface area contributed by atoms with Crippen LogP contribution in [0, 0.1) is 11.8 Å². The Morgan fingerprint density at radius 3 is 2.07 bits per heavy atom. The maximum Gasteiger partial charge on any atom is 0.0610 e.